The van der Waals surface area contributed by atoms with Crippen LogP contribution in [0, 0.1) is 0 Å². The fourth-order valence-electron chi connectivity index (χ4n) is 7.23. The van der Waals surface area contributed by atoms with Crippen LogP contribution in [-0.4, -0.2) is 118 Å². The van der Waals surface area contributed by atoms with Crippen molar-refractivity contribution >= 4 is 51.2 Å². The van der Waals surface area contributed by atoms with Crippen molar-refractivity contribution in [2.45, 2.75) is 88.8 Å². The van der Waals surface area contributed by atoms with Crippen molar-refractivity contribution < 1.29 is 27.6 Å². The second-order valence-electron chi connectivity index (χ2n) is 15.1. The predicted octanol–water partition coefficient (Wildman–Crippen LogP) is 0.540. The average Bonchev–Trinajstić information content (AvgIpc) is 3.18. The van der Waals surface area contributed by atoms with Crippen molar-refractivity contribution in [1.82, 2.24) is 29.9 Å². The molecule has 2 fully saturated rings. The number of aliphatic imine (C=N–C) groups is 1. The fraction of sp³-hybridized carbons (Fsp3) is 0.564. The zero-order chi connectivity index (χ0) is 40.6. The van der Waals surface area contributed by atoms with Gasteiger partial charge in [0.15, 0.2) is 5.96 Å². The predicted molar refractivity (Wildman–Crippen MR) is 220 cm³/mol. The number of hydrogen-bond donors (Lipinski definition) is 8. The van der Waals surface area contributed by atoms with Gasteiger partial charge in [-0.05, 0) is 67.5 Å². The second-order valence-corrected chi connectivity index (χ2v) is 16.6. The van der Waals surface area contributed by atoms with Gasteiger partial charge < -0.3 is 42.5 Å². The van der Waals surface area contributed by atoms with Crippen LogP contribution in [0.4, 0.5) is 11.4 Å². The monoisotopic (exact) mass is 809 g/mol. The van der Waals surface area contributed by atoms with Gasteiger partial charge in [-0.15, -0.1) is 0 Å². The number of carbonyl (C=O) groups excluding carboxylic acids is 4. The molecular formula is C39H59N11O6S. The van der Waals surface area contributed by atoms with Crippen LogP contribution in [0.5, 0.6) is 0 Å². The van der Waals surface area contributed by atoms with Crippen LogP contribution in [-0.2, 0) is 42.2 Å². The maximum Gasteiger partial charge on any atom is 0.277 e. The molecule has 6 aliphatic rings. The van der Waals surface area contributed by atoms with Gasteiger partial charge >= 0.3 is 0 Å². The number of rotatable bonds is 10. The fourth-order valence-corrected chi connectivity index (χ4v) is 8.54. The van der Waals surface area contributed by atoms with E-state index in [1.165, 1.54) is 0 Å². The molecule has 5 heterocycles. The lowest BCUT2D eigenvalue weighted by molar-refractivity contribution is -0.129. The van der Waals surface area contributed by atoms with Crippen molar-refractivity contribution in [1.29, 1.82) is 0 Å². The number of guanidine groups is 1. The Morgan fingerprint density at radius 1 is 0.737 bits per heavy atom. The molecule has 17 nitrogen and oxygen atoms in total. The normalized spacial score (nSPS) is 23.3. The van der Waals surface area contributed by atoms with E-state index in [2.05, 4.69) is 45.5 Å². The zero-order valence-electron chi connectivity index (χ0n) is 32.6. The summed E-state index contributed by atoms with van der Waals surface area (Å²) in [5, 5.41) is 11.6. The minimum absolute atomic E-state index is 0.0109. The number of hydrogen-bond acceptors (Lipinski definition) is 9. The molecule has 0 unspecified atom stereocenters. The molecule has 18 heteroatoms. The summed E-state index contributed by atoms with van der Waals surface area (Å²) in [4.78, 5) is 62.0. The molecule has 1 aliphatic carbocycles. The molecule has 2 aromatic carbocycles. The number of nitrogens with zero attached hydrogens (tertiary/aromatic N) is 3. The van der Waals surface area contributed by atoms with E-state index >= 15 is 0 Å². The highest BCUT2D eigenvalue weighted by Crippen LogP contribution is 2.19. The van der Waals surface area contributed by atoms with Crippen LogP contribution in [0.25, 0.3) is 0 Å². The molecule has 0 radical (unpaired) electrons. The van der Waals surface area contributed by atoms with Crippen molar-refractivity contribution in [3.63, 3.8) is 0 Å². The molecule has 2 atom stereocenters. The lowest BCUT2D eigenvalue weighted by Gasteiger charge is -2.34. The third-order valence-corrected chi connectivity index (χ3v) is 11.7. The van der Waals surface area contributed by atoms with Crippen LogP contribution < -0.4 is 42.2 Å². The molecular weight excluding hydrogens is 751 g/mol. The Kier molecular flexibility index (Phi) is 16.6. The van der Waals surface area contributed by atoms with Gasteiger partial charge in [0, 0.05) is 89.0 Å². The van der Waals surface area contributed by atoms with Gasteiger partial charge in [0.05, 0.1) is 0 Å². The SMILES string of the molecule is NC(N)=NCCCCNC(=O)[C@@H]1Cc2ccc(cc2)NC(=O)CCN2CCN(CCC(=O)Nc3ccc(cc3)C[C@@H](NS(=O)(=O)NC3CCCCC3)C(=O)N1)CC2. The van der Waals surface area contributed by atoms with Crippen LogP contribution in [0.2, 0.25) is 0 Å². The summed E-state index contributed by atoms with van der Waals surface area (Å²) in [7, 11) is -4.13. The number of anilines is 2. The van der Waals surface area contributed by atoms with Crippen LogP contribution in [0.1, 0.15) is 68.9 Å². The molecule has 312 valence electrons. The first-order valence-electron chi connectivity index (χ1n) is 20.1. The van der Waals surface area contributed by atoms with Gasteiger partial charge in [0.1, 0.15) is 12.1 Å². The molecule has 5 aliphatic heterocycles. The highest BCUT2D eigenvalue weighted by atomic mass is 32.2. The van der Waals surface area contributed by atoms with Gasteiger partial charge in [-0.1, -0.05) is 43.5 Å². The van der Waals surface area contributed by atoms with Gasteiger partial charge in [-0.3, -0.25) is 24.2 Å². The molecule has 0 spiro atoms. The number of unbranched alkanes of at least 4 members (excludes halogenated alkanes) is 1. The summed E-state index contributed by atoms with van der Waals surface area (Å²) in [6.07, 6.45) is 6.20. The van der Waals surface area contributed by atoms with Gasteiger partial charge in [0.25, 0.3) is 10.2 Å². The first-order chi connectivity index (χ1) is 27.4. The van der Waals surface area contributed by atoms with E-state index in [9.17, 15) is 27.6 Å². The Labute approximate surface area is 335 Å². The minimum atomic E-state index is -4.13. The molecule has 2 aromatic rings. The lowest BCUT2D eigenvalue weighted by Crippen LogP contribution is -2.57. The van der Waals surface area contributed by atoms with E-state index in [4.69, 9.17) is 11.5 Å². The standard InChI is InChI=1S/C39H59N11O6S/c40-39(41)43-19-5-4-18-42-37(53)33-26-28-8-12-30(13-9-28)44-35(51)16-20-49-22-24-50(25-23-49)21-17-36(52)45-31-14-10-29(11-15-31)27-34(38(54)46-33)48-57(55,56)47-32-6-2-1-3-7-32/h8-15,32-34,47-48H,1-7,16-27H2,(H,42,53)(H,44,51)(H,45,52)(H,46,54)(H4,40,41,43)/t33-,34+/m0/s1. The van der Waals surface area contributed by atoms with Gasteiger partial charge in [-0.2, -0.15) is 17.9 Å². The summed E-state index contributed by atoms with van der Waals surface area (Å²) in [6, 6.07) is 11.4. The summed E-state index contributed by atoms with van der Waals surface area (Å²) < 4.78 is 32.2. The van der Waals surface area contributed by atoms with Crippen LogP contribution >= 0.6 is 0 Å². The Morgan fingerprint density at radius 3 is 1.82 bits per heavy atom. The second kappa shape index (κ2) is 21.8. The topological polar surface area (TPSA) is 245 Å². The molecule has 6 bridgehead atoms. The van der Waals surface area contributed by atoms with Crippen molar-refractivity contribution in [2.75, 3.05) is 63.0 Å². The van der Waals surface area contributed by atoms with Gasteiger partial charge in [-0.25, -0.2) is 0 Å². The summed E-state index contributed by atoms with van der Waals surface area (Å²) >= 11 is 0. The van der Waals surface area contributed by atoms with Crippen LogP contribution in [0.3, 0.4) is 0 Å². The first kappa shape index (κ1) is 43.5. The number of fused-ring (bicyclic) bond motifs is 3. The highest BCUT2D eigenvalue weighted by molar-refractivity contribution is 7.87. The van der Waals surface area contributed by atoms with E-state index in [1.807, 2.05) is 0 Å². The van der Waals surface area contributed by atoms with Crippen LogP contribution in [0.15, 0.2) is 53.5 Å². The Bertz CT molecular complexity index is 1770. The number of amides is 4. The van der Waals surface area contributed by atoms with E-state index < -0.39 is 34.1 Å². The zero-order valence-corrected chi connectivity index (χ0v) is 33.5. The molecule has 1 saturated carbocycles. The average molecular weight is 810 g/mol. The Balaban J connectivity index is 1.37. The lowest BCUT2D eigenvalue weighted by atomic mass is 9.96. The molecule has 4 amide bonds. The molecule has 10 N–H and O–H groups in total. The quantitative estimate of drug-likeness (QED) is 0.0941. The Morgan fingerprint density at radius 2 is 1.28 bits per heavy atom. The van der Waals surface area contributed by atoms with E-state index in [0.717, 1.165) is 45.4 Å². The number of benzene rings is 2. The summed E-state index contributed by atoms with van der Waals surface area (Å²) in [5.41, 5.74) is 13.4. The van der Waals surface area contributed by atoms with E-state index in [-0.39, 0.29) is 36.7 Å². The smallest absolute Gasteiger partial charge is 0.277 e. The third-order valence-electron chi connectivity index (χ3n) is 10.5. The number of nitrogens with one attached hydrogen (secondary N) is 6. The number of piperazine rings is 1. The largest absolute Gasteiger partial charge is 0.370 e. The number of nitrogens with two attached hydrogens (primary N) is 2. The van der Waals surface area contributed by atoms with Crippen molar-refractivity contribution in [3.8, 4) is 0 Å². The molecule has 0 aromatic heterocycles. The van der Waals surface area contributed by atoms with Crippen molar-refractivity contribution in [3.05, 3.63) is 59.7 Å². The summed E-state index contributed by atoms with van der Waals surface area (Å²) in [5.74, 6) is -1.39. The first-order valence-corrected chi connectivity index (χ1v) is 21.5. The molecule has 1 saturated heterocycles. The molecule has 57 heavy (non-hydrogen) atoms. The minimum Gasteiger partial charge on any atom is -0.370 e. The third kappa shape index (κ3) is 15.3. The maximum atomic E-state index is 14.1. The van der Waals surface area contributed by atoms with Gasteiger partial charge in [0.2, 0.25) is 23.6 Å². The maximum absolute atomic E-state index is 14.1. The van der Waals surface area contributed by atoms with Crippen molar-refractivity contribution in [2.24, 2.45) is 16.5 Å². The number of carbonyl (C=O) groups is 4. The Hall–Kier alpha value is -4.62. The van der Waals surface area contributed by atoms with E-state index in [0.29, 0.717) is 87.2 Å². The van der Waals surface area contributed by atoms with E-state index in [1.54, 1.807) is 48.5 Å². The summed E-state index contributed by atoms with van der Waals surface area (Å²) in [6.45, 7) is 5.16. The highest BCUT2D eigenvalue weighted by Gasteiger charge is 2.31. The molecule has 8 rings (SSSR count).